The number of rotatable bonds is 2. The van der Waals surface area contributed by atoms with Gasteiger partial charge in [-0.2, -0.15) is 0 Å². The molecular weight excluding hydrogens is 173 g/mol. The fraction of sp³-hybridized carbons (Fsp3) is 1.00. The topological polar surface area (TPSA) is 87.5 Å². The van der Waals surface area contributed by atoms with Crippen LogP contribution < -0.4 is 0 Å². The molecule has 4 atom stereocenters. The molecule has 13 heavy (non-hydrogen) atoms. The van der Waals surface area contributed by atoms with Gasteiger partial charge in [0, 0.05) is 10.9 Å². The van der Waals surface area contributed by atoms with Crippen LogP contribution in [0.5, 0.6) is 0 Å². The summed E-state index contributed by atoms with van der Waals surface area (Å²) in [6, 6.07) is -1.13. The van der Waals surface area contributed by atoms with Gasteiger partial charge in [-0.25, -0.2) is 0 Å². The van der Waals surface area contributed by atoms with Crippen LogP contribution in [0.2, 0.25) is 0 Å². The number of azide groups is 1. The van der Waals surface area contributed by atoms with E-state index in [4.69, 9.17) is 28.0 Å². The van der Waals surface area contributed by atoms with Crippen molar-refractivity contribution in [3.8, 4) is 0 Å². The van der Waals surface area contributed by atoms with E-state index >= 15 is 0 Å². The highest BCUT2D eigenvalue weighted by Crippen LogP contribution is 2.40. The van der Waals surface area contributed by atoms with E-state index < -0.39 is 23.8 Å². The summed E-state index contributed by atoms with van der Waals surface area (Å²) in [5, 5.41) is 12.6. The van der Waals surface area contributed by atoms with E-state index in [1.807, 2.05) is 0 Å². The lowest BCUT2D eigenvalue weighted by atomic mass is 9.91. The van der Waals surface area contributed by atoms with Gasteiger partial charge in [-0.3, -0.25) is 0 Å². The Kier molecular flexibility index (Phi) is 1.96. The molecular formula is C6H8BN3O3. The van der Waals surface area contributed by atoms with E-state index in [-0.39, 0.29) is 13.2 Å². The average molecular weight is 181 g/mol. The molecule has 0 aromatic heterocycles. The molecule has 0 aliphatic carbocycles. The SMILES string of the molecule is [B][C@@H]1O[C@@]2(CO)CO[C@@H]1C2N=[N+]=[N-]. The quantitative estimate of drug-likeness (QED) is 0.265. The zero-order valence-corrected chi connectivity index (χ0v) is 6.83. The molecule has 2 bridgehead atoms. The molecule has 2 radical (unpaired) electrons. The highest BCUT2D eigenvalue weighted by molar-refractivity contribution is 6.11. The fourth-order valence-corrected chi connectivity index (χ4v) is 1.83. The summed E-state index contributed by atoms with van der Waals surface area (Å²) in [6.45, 7) is -0.0214. The molecule has 2 fully saturated rings. The van der Waals surface area contributed by atoms with Gasteiger partial charge in [0.2, 0.25) is 0 Å². The van der Waals surface area contributed by atoms with Gasteiger partial charge in [0.05, 0.1) is 25.4 Å². The third-order valence-electron chi connectivity index (χ3n) is 2.51. The Labute approximate surface area is 75.9 Å². The maximum absolute atomic E-state index is 9.11. The molecule has 2 saturated heterocycles. The maximum Gasteiger partial charge on any atom is 0.125 e. The second-order valence-electron chi connectivity index (χ2n) is 3.23. The Morgan fingerprint density at radius 2 is 2.54 bits per heavy atom. The molecule has 1 unspecified atom stereocenters. The van der Waals surface area contributed by atoms with Crippen LogP contribution in [0.25, 0.3) is 10.4 Å². The minimum atomic E-state index is -0.920. The maximum atomic E-state index is 9.11. The first-order chi connectivity index (χ1) is 6.23. The minimum absolute atomic E-state index is 0.228. The van der Waals surface area contributed by atoms with E-state index in [9.17, 15) is 0 Å². The number of aliphatic hydroxyl groups excluding tert-OH is 1. The number of fused-ring (bicyclic) bond motifs is 2. The standard InChI is InChI=1S/C6H8BN3O3/c7-5-3-4(9-10-8)6(1-11,13-5)2-12-3/h3-5,11H,1-2H2/t3-,4?,5-,6+/m1/s1. The van der Waals surface area contributed by atoms with Crippen LogP contribution in [0.3, 0.4) is 0 Å². The van der Waals surface area contributed by atoms with Gasteiger partial charge in [0.25, 0.3) is 0 Å². The Morgan fingerprint density at radius 1 is 1.77 bits per heavy atom. The van der Waals surface area contributed by atoms with Crippen molar-refractivity contribution in [3.05, 3.63) is 10.4 Å². The predicted molar refractivity (Wildman–Crippen MR) is 43.1 cm³/mol. The van der Waals surface area contributed by atoms with E-state index in [2.05, 4.69) is 10.0 Å². The number of hydrogen-bond acceptors (Lipinski definition) is 4. The second-order valence-corrected chi connectivity index (χ2v) is 3.23. The van der Waals surface area contributed by atoms with E-state index in [1.54, 1.807) is 0 Å². The number of hydrogen-bond donors (Lipinski definition) is 1. The molecule has 7 heteroatoms. The van der Waals surface area contributed by atoms with Crippen molar-refractivity contribution in [3.63, 3.8) is 0 Å². The van der Waals surface area contributed by atoms with E-state index in [0.717, 1.165) is 0 Å². The van der Waals surface area contributed by atoms with Gasteiger partial charge in [-0.1, -0.05) is 5.11 Å². The Hall–Kier alpha value is -0.745. The van der Waals surface area contributed by atoms with Crippen molar-refractivity contribution in [2.45, 2.75) is 23.8 Å². The molecule has 2 heterocycles. The zero-order valence-electron chi connectivity index (χ0n) is 6.83. The molecule has 2 rings (SSSR count). The van der Waals surface area contributed by atoms with Crippen LogP contribution in [0.1, 0.15) is 0 Å². The molecule has 68 valence electrons. The molecule has 2 aliphatic rings. The highest BCUT2D eigenvalue weighted by Gasteiger charge is 2.59. The first-order valence-electron chi connectivity index (χ1n) is 3.93. The zero-order chi connectivity index (χ0) is 9.47. The third-order valence-corrected chi connectivity index (χ3v) is 2.51. The minimum Gasteiger partial charge on any atom is -0.393 e. The highest BCUT2D eigenvalue weighted by atomic mass is 16.6. The molecule has 0 aromatic carbocycles. The van der Waals surface area contributed by atoms with Gasteiger partial charge in [0.1, 0.15) is 13.4 Å². The van der Waals surface area contributed by atoms with Crippen molar-refractivity contribution in [2.24, 2.45) is 5.11 Å². The van der Waals surface area contributed by atoms with Crippen LogP contribution in [0, 0.1) is 0 Å². The van der Waals surface area contributed by atoms with Crippen LogP contribution in [-0.4, -0.2) is 49.9 Å². The lowest BCUT2D eigenvalue weighted by molar-refractivity contribution is -0.130. The molecule has 6 nitrogen and oxygen atoms in total. The van der Waals surface area contributed by atoms with Crippen molar-refractivity contribution >= 4 is 7.85 Å². The molecule has 0 amide bonds. The fourth-order valence-electron chi connectivity index (χ4n) is 1.83. The van der Waals surface area contributed by atoms with Crippen LogP contribution >= 0.6 is 0 Å². The van der Waals surface area contributed by atoms with Crippen LogP contribution in [-0.2, 0) is 9.47 Å². The molecule has 0 spiro atoms. The Bertz CT molecular complexity index is 270. The van der Waals surface area contributed by atoms with Crippen molar-refractivity contribution in [1.29, 1.82) is 0 Å². The van der Waals surface area contributed by atoms with Gasteiger partial charge in [0.15, 0.2) is 0 Å². The van der Waals surface area contributed by atoms with Crippen molar-refractivity contribution in [1.82, 2.24) is 0 Å². The normalized spacial score (nSPS) is 47.6. The molecule has 0 aromatic rings. The van der Waals surface area contributed by atoms with E-state index in [1.165, 1.54) is 0 Å². The molecule has 1 N–H and O–H groups in total. The Morgan fingerprint density at radius 3 is 3.08 bits per heavy atom. The summed E-state index contributed by atoms with van der Waals surface area (Å²) in [5.74, 6) is 0. The molecule has 0 saturated carbocycles. The average Bonchev–Trinajstić information content (AvgIpc) is 2.59. The molecule has 2 aliphatic heterocycles. The summed E-state index contributed by atoms with van der Waals surface area (Å²) in [7, 11) is 5.56. The predicted octanol–water partition coefficient (Wildman–Crippen LogP) is -0.680. The lowest BCUT2D eigenvalue weighted by Crippen LogP contribution is -2.43. The monoisotopic (exact) mass is 181 g/mol. The van der Waals surface area contributed by atoms with Crippen LogP contribution in [0.15, 0.2) is 5.11 Å². The summed E-state index contributed by atoms with van der Waals surface area (Å²) < 4.78 is 10.5. The van der Waals surface area contributed by atoms with Gasteiger partial charge < -0.3 is 14.6 Å². The van der Waals surface area contributed by atoms with Gasteiger partial charge in [-0.15, -0.1) is 0 Å². The number of nitrogens with zero attached hydrogens (tertiary/aromatic N) is 3. The lowest BCUT2D eigenvalue weighted by Gasteiger charge is -2.27. The van der Waals surface area contributed by atoms with E-state index in [0.29, 0.717) is 0 Å². The summed E-state index contributed by atoms with van der Waals surface area (Å²) in [5.41, 5.74) is 7.39. The van der Waals surface area contributed by atoms with Gasteiger partial charge in [-0.05, 0) is 5.53 Å². The third kappa shape index (κ3) is 1.05. The summed E-state index contributed by atoms with van der Waals surface area (Å²) >= 11 is 0. The first kappa shape index (κ1) is 8.84. The van der Waals surface area contributed by atoms with Gasteiger partial charge >= 0.3 is 0 Å². The van der Waals surface area contributed by atoms with Crippen molar-refractivity contribution in [2.75, 3.05) is 13.2 Å². The van der Waals surface area contributed by atoms with Crippen molar-refractivity contribution < 1.29 is 14.6 Å². The second kappa shape index (κ2) is 2.89. The summed E-state index contributed by atoms with van der Waals surface area (Å²) in [4.78, 5) is 2.68. The number of ether oxygens (including phenoxy) is 2. The Balaban J connectivity index is 2.30. The number of aliphatic hydroxyl groups is 1. The first-order valence-corrected chi connectivity index (χ1v) is 3.93. The smallest absolute Gasteiger partial charge is 0.125 e. The van der Waals surface area contributed by atoms with Crippen LogP contribution in [0.4, 0.5) is 0 Å². The summed E-state index contributed by atoms with van der Waals surface area (Å²) in [6.07, 6.45) is -0.428. The largest absolute Gasteiger partial charge is 0.393 e.